The lowest BCUT2D eigenvalue weighted by atomic mass is 9.99. The highest BCUT2D eigenvalue weighted by atomic mass is 32.2. The van der Waals surface area contributed by atoms with Gasteiger partial charge in [-0.15, -0.1) is 0 Å². The van der Waals surface area contributed by atoms with Crippen LogP contribution in [-0.2, 0) is 14.8 Å². The smallest absolute Gasteiger partial charge is 0.261 e. The van der Waals surface area contributed by atoms with Gasteiger partial charge in [0.15, 0.2) is 0 Å². The van der Waals surface area contributed by atoms with Crippen LogP contribution in [0.25, 0.3) is 0 Å². The van der Waals surface area contributed by atoms with Crippen LogP contribution in [0.1, 0.15) is 50.2 Å². The third-order valence-corrected chi connectivity index (χ3v) is 6.58. The fraction of sp³-hybridized carbons (Fsp3) is 0.381. The molecule has 0 radical (unpaired) electrons. The Kier molecular flexibility index (Phi) is 5.56. The van der Waals surface area contributed by atoms with Crippen molar-refractivity contribution in [2.24, 2.45) is 0 Å². The maximum absolute atomic E-state index is 12.7. The number of amides is 1. The number of nitrogens with zero attached hydrogens (tertiary/aromatic N) is 1. The van der Waals surface area contributed by atoms with Crippen molar-refractivity contribution in [3.8, 4) is 0 Å². The summed E-state index contributed by atoms with van der Waals surface area (Å²) in [6.07, 6.45) is 2.44. The Morgan fingerprint density at radius 2 is 1.85 bits per heavy atom. The normalized spacial score (nSPS) is 15.8. The molecule has 6 heteroatoms. The SMILES string of the molecule is CCC(C)c1ccc(S(=O)(=O)Nc2ccc(N3CCCC3=O)c(C)c2)cc1. The van der Waals surface area contributed by atoms with E-state index in [0.29, 0.717) is 24.6 Å². The highest BCUT2D eigenvalue weighted by molar-refractivity contribution is 7.92. The first-order valence-corrected chi connectivity index (χ1v) is 10.8. The lowest BCUT2D eigenvalue weighted by Gasteiger charge is -2.19. The first-order chi connectivity index (χ1) is 12.8. The van der Waals surface area contributed by atoms with Crippen molar-refractivity contribution in [2.45, 2.75) is 50.8 Å². The summed E-state index contributed by atoms with van der Waals surface area (Å²) in [5, 5.41) is 0. The summed E-state index contributed by atoms with van der Waals surface area (Å²) < 4.78 is 28.0. The Hall–Kier alpha value is -2.34. The average Bonchev–Trinajstić information content (AvgIpc) is 3.06. The largest absolute Gasteiger partial charge is 0.312 e. The van der Waals surface area contributed by atoms with Crippen molar-refractivity contribution in [1.29, 1.82) is 0 Å². The molecule has 1 unspecified atom stereocenters. The molecule has 5 nitrogen and oxygen atoms in total. The van der Waals surface area contributed by atoms with Gasteiger partial charge in [-0.05, 0) is 67.1 Å². The molecule has 1 amide bonds. The molecule has 0 aliphatic carbocycles. The van der Waals surface area contributed by atoms with E-state index in [9.17, 15) is 13.2 Å². The quantitative estimate of drug-likeness (QED) is 0.798. The van der Waals surface area contributed by atoms with E-state index in [1.165, 1.54) is 0 Å². The second-order valence-electron chi connectivity index (χ2n) is 7.13. The van der Waals surface area contributed by atoms with Gasteiger partial charge >= 0.3 is 0 Å². The lowest BCUT2D eigenvalue weighted by molar-refractivity contribution is -0.117. The van der Waals surface area contributed by atoms with Gasteiger partial charge in [-0.1, -0.05) is 26.0 Å². The van der Waals surface area contributed by atoms with Crippen LogP contribution in [0.5, 0.6) is 0 Å². The number of benzene rings is 2. The number of rotatable bonds is 6. The molecule has 1 saturated heterocycles. The maximum Gasteiger partial charge on any atom is 0.261 e. The van der Waals surface area contributed by atoms with Crippen LogP contribution in [0.3, 0.4) is 0 Å². The zero-order chi connectivity index (χ0) is 19.6. The number of nitrogens with one attached hydrogen (secondary N) is 1. The standard InChI is InChI=1S/C21H26N2O3S/c1-4-15(2)17-7-10-19(11-8-17)27(25,26)22-18-9-12-20(16(3)14-18)23-13-5-6-21(23)24/h7-12,14-15,22H,4-6,13H2,1-3H3. The van der Waals surface area contributed by atoms with Gasteiger partial charge in [-0.3, -0.25) is 9.52 Å². The number of hydrogen-bond acceptors (Lipinski definition) is 3. The molecule has 1 aliphatic heterocycles. The molecule has 1 fully saturated rings. The van der Waals surface area contributed by atoms with Gasteiger partial charge in [0.25, 0.3) is 10.0 Å². The van der Waals surface area contributed by atoms with Gasteiger partial charge in [-0.25, -0.2) is 8.42 Å². The number of sulfonamides is 1. The van der Waals surface area contributed by atoms with Crippen molar-refractivity contribution in [3.05, 3.63) is 53.6 Å². The third kappa shape index (κ3) is 4.16. The summed E-state index contributed by atoms with van der Waals surface area (Å²) in [5.74, 6) is 0.519. The van der Waals surface area contributed by atoms with E-state index in [1.807, 2.05) is 25.1 Å². The fourth-order valence-corrected chi connectivity index (χ4v) is 4.40. The van der Waals surface area contributed by atoms with Crippen molar-refractivity contribution >= 4 is 27.3 Å². The molecule has 0 aromatic heterocycles. The van der Waals surface area contributed by atoms with Crippen LogP contribution >= 0.6 is 0 Å². The average molecular weight is 387 g/mol. The molecule has 0 bridgehead atoms. The lowest BCUT2D eigenvalue weighted by Crippen LogP contribution is -2.24. The van der Waals surface area contributed by atoms with Crippen molar-refractivity contribution < 1.29 is 13.2 Å². The van der Waals surface area contributed by atoms with Gasteiger partial charge in [0.05, 0.1) is 4.90 Å². The van der Waals surface area contributed by atoms with Gasteiger partial charge in [0.1, 0.15) is 0 Å². The molecule has 3 rings (SSSR count). The summed E-state index contributed by atoms with van der Waals surface area (Å²) in [4.78, 5) is 13.9. The topological polar surface area (TPSA) is 66.5 Å². The molecule has 1 heterocycles. The number of aryl methyl sites for hydroxylation is 1. The number of anilines is 2. The summed E-state index contributed by atoms with van der Waals surface area (Å²) >= 11 is 0. The highest BCUT2D eigenvalue weighted by Gasteiger charge is 2.23. The van der Waals surface area contributed by atoms with E-state index < -0.39 is 10.0 Å². The second kappa shape index (κ2) is 7.72. The molecule has 0 saturated carbocycles. The van der Waals surface area contributed by atoms with Crippen LogP contribution in [0.2, 0.25) is 0 Å². The molecule has 1 aliphatic rings. The second-order valence-corrected chi connectivity index (χ2v) is 8.82. The van der Waals surface area contributed by atoms with Gasteiger partial charge in [0.2, 0.25) is 5.91 Å². The first kappa shape index (κ1) is 19.4. The Labute approximate surface area is 161 Å². The summed E-state index contributed by atoms with van der Waals surface area (Å²) in [5.41, 5.74) is 3.34. The van der Waals surface area contributed by atoms with Gasteiger partial charge < -0.3 is 4.90 Å². The summed E-state index contributed by atoms with van der Waals surface area (Å²) in [6, 6.07) is 12.3. The minimum Gasteiger partial charge on any atom is -0.312 e. The Morgan fingerprint density at radius 3 is 2.41 bits per heavy atom. The molecule has 144 valence electrons. The van der Waals surface area contributed by atoms with Crippen molar-refractivity contribution in [1.82, 2.24) is 0 Å². The minimum absolute atomic E-state index is 0.118. The highest BCUT2D eigenvalue weighted by Crippen LogP contribution is 2.28. The van der Waals surface area contributed by atoms with Gasteiger partial charge in [0, 0.05) is 24.3 Å². The number of hydrogen-bond donors (Lipinski definition) is 1. The molecule has 27 heavy (non-hydrogen) atoms. The maximum atomic E-state index is 12.7. The minimum atomic E-state index is -3.65. The van der Waals surface area contributed by atoms with Crippen LogP contribution in [0.4, 0.5) is 11.4 Å². The van der Waals surface area contributed by atoms with Crippen molar-refractivity contribution in [2.75, 3.05) is 16.2 Å². The molecular formula is C21H26N2O3S. The summed E-state index contributed by atoms with van der Waals surface area (Å²) in [7, 11) is -3.65. The zero-order valence-corrected chi connectivity index (χ0v) is 16.8. The van der Waals surface area contributed by atoms with Crippen LogP contribution in [0, 0.1) is 6.92 Å². The van der Waals surface area contributed by atoms with Crippen molar-refractivity contribution in [3.63, 3.8) is 0 Å². The molecule has 2 aromatic rings. The van der Waals surface area contributed by atoms with Crippen LogP contribution in [-0.4, -0.2) is 20.9 Å². The third-order valence-electron chi connectivity index (χ3n) is 5.19. The monoisotopic (exact) mass is 386 g/mol. The molecule has 2 aromatic carbocycles. The van der Waals surface area contributed by atoms with E-state index in [2.05, 4.69) is 18.6 Å². The van der Waals surface area contributed by atoms with Gasteiger partial charge in [-0.2, -0.15) is 0 Å². The number of carbonyl (C=O) groups excluding carboxylic acids is 1. The predicted molar refractivity (Wildman–Crippen MR) is 109 cm³/mol. The van der Waals surface area contributed by atoms with E-state index >= 15 is 0 Å². The zero-order valence-electron chi connectivity index (χ0n) is 16.0. The van der Waals surface area contributed by atoms with E-state index in [0.717, 1.165) is 29.7 Å². The Morgan fingerprint density at radius 1 is 1.15 bits per heavy atom. The van der Waals surface area contributed by atoms with E-state index in [4.69, 9.17) is 0 Å². The fourth-order valence-electron chi connectivity index (χ4n) is 3.35. The Balaban J connectivity index is 1.79. The molecular weight excluding hydrogens is 360 g/mol. The molecule has 1 N–H and O–H groups in total. The molecule has 1 atom stereocenters. The van der Waals surface area contributed by atoms with E-state index in [1.54, 1.807) is 29.2 Å². The predicted octanol–water partition coefficient (Wildman–Crippen LogP) is 4.44. The number of carbonyl (C=O) groups is 1. The Bertz CT molecular complexity index is 936. The van der Waals surface area contributed by atoms with Crippen LogP contribution < -0.4 is 9.62 Å². The summed E-state index contributed by atoms with van der Waals surface area (Å²) in [6.45, 7) is 6.84. The van der Waals surface area contributed by atoms with E-state index in [-0.39, 0.29) is 10.8 Å². The van der Waals surface area contributed by atoms with Crippen LogP contribution in [0.15, 0.2) is 47.4 Å². The first-order valence-electron chi connectivity index (χ1n) is 9.35. The molecule has 0 spiro atoms.